The van der Waals surface area contributed by atoms with E-state index in [2.05, 4.69) is 14.4 Å². The molecule has 258 valence electrons. The van der Waals surface area contributed by atoms with Crippen molar-refractivity contribution in [3.05, 3.63) is 83.0 Å². The standard InChI is InChI=1S/C35H39ClN6O5S2/c1-22-11-15-26(16-12-22)47-33-32(31(23-7-3-4-8-23)24-9-5-6-10-24)39-42-35(33)38-34(40-42)25-13-17-27(18-14-25)49(45,46)41-30-21-28(19-20-29(30)36)48(43,44)37-2/h11-21,23-24,31,37,41H,3-10H2,1-2H3,(H,38,40). The number of hydrogen-bond acceptors (Lipinski definition) is 7. The number of aromatic amines is 1. The Morgan fingerprint density at radius 3 is 2.06 bits per heavy atom. The summed E-state index contributed by atoms with van der Waals surface area (Å²) in [7, 11) is -6.65. The van der Waals surface area contributed by atoms with Crippen molar-refractivity contribution >= 4 is 43.0 Å². The van der Waals surface area contributed by atoms with Gasteiger partial charge >= 0.3 is 0 Å². The maximum atomic E-state index is 13.3. The number of benzene rings is 3. The SMILES string of the molecule is CNS(=O)(=O)c1ccc(Cl)c(NS(=O)(=O)c2ccc(-c3nn4nc(C(C5CCCC5)C5CCCC5)c(Oc5ccc(C)cc5)c4[nH]3)cc2)c1. The van der Waals surface area contributed by atoms with Crippen molar-refractivity contribution in [1.82, 2.24) is 24.5 Å². The van der Waals surface area contributed by atoms with Crippen molar-refractivity contribution in [2.75, 3.05) is 11.8 Å². The van der Waals surface area contributed by atoms with Crippen LogP contribution in [0.1, 0.15) is 68.5 Å². The van der Waals surface area contributed by atoms with Gasteiger partial charge in [-0.3, -0.25) is 4.72 Å². The molecule has 0 aliphatic heterocycles. The van der Waals surface area contributed by atoms with E-state index in [1.807, 2.05) is 31.2 Å². The summed E-state index contributed by atoms with van der Waals surface area (Å²) in [6.45, 7) is 2.04. The third-order valence-corrected chi connectivity index (χ3v) is 13.0. The average molecular weight is 723 g/mol. The second kappa shape index (κ2) is 13.4. The summed E-state index contributed by atoms with van der Waals surface area (Å²) in [6.07, 6.45) is 9.78. The Morgan fingerprint density at radius 1 is 0.837 bits per heavy atom. The molecule has 14 heteroatoms. The van der Waals surface area contributed by atoms with Crippen LogP contribution in [0.15, 0.2) is 76.5 Å². The third-order valence-electron chi connectivity index (χ3n) is 9.85. The van der Waals surface area contributed by atoms with Crippen LogP contribution in [0, 0.1) is 18.8 Å². The minimum Gasteiger partial charge on any atom is -0.451 e. The largest absolute Gasteiger partial charge is 0.451 e. The summed E-state index contributed by atoms with van der Waals surface area (Å²) in [5, 5.41) is 9.94. The molecular weight excluding hydrogens is 684 g/mol. The van der Waals surface area contributed by atoms with E-state index < -0.39 is 20.0 Å². The van der Waals surface area contributed by atoms with Crippen molar-refractivity contribution < 1.29 is 21.6 Å². The van der Waals surface area contributed by atoms with E-state index >= 15 is 0 Å². The van der Waals surface area contributed by atoms with E-state index in [1.54, 1.807) is 16.8 Å². The molecule has 3 N–H and O–H groups in total. The van der Waals surface area contributed by atoms with Gasteiger partial charge in [-0.1, -0.05) is 55.0 Å². The Hall–Kier alpha value is -3.91. The van der Waals surface area contributed by atoms with Crippen LogP contribution in [-0.2, 0) is 20.0 Å². The molecule has 2 saturated carbocycles. The highest BCUT2D eigenvalue weighted by atomic mass is 35.5. The fourth-order valence-corrected chi connectivity index (χ4v) is 9.37. The number of aromatic nitrogens is 4. The number of aryl methyl sites for hydroxylation is 1. The number of sulfonamides is 2. The number of ether oxygens (including phenoxy) is 1. The van der Waals surface area contributed by atoms with Gasteiger partial charge in [-0.2, -0.15) is 0 Å². The molecule has 0 spiro atoms. The zero-order chi connectivity index (χ0) is 34.3. The molecule has 5 aromatic rings. The molecule has 0 bridgehead atoms. The van der Waals surface area contributed by atoms with Crippen LogP contribution in [0.3, 0.4) is 0 Å². The maximum absolute atomic E-state index is 13.3. The number of fused-ring (bicyclic) bond motifs is 1. The lowest BCUT2D eigenvalue weighted by molar-refractivity contribution is 0.301. The molecule has 2 heterocycles. The molecular formula is C35H39ClN6O5S2. The minimum atomic E-state index is -4.11. The van der Waals surface area contributed by atoms with Gasteiger partial charge in [0, 0.05) is 11.5 Å². The fourth-order valence-electron chi connectivity index (χ4n) is 7.32. The van der Waals surface area contributed by atoms with Gasteiger partial charge in [-0.15, -0.1) is 14.8 Å². The lowest BCUT2D eigenvalue weighted by Crippen LogP contribution is -2.19. The van der Waals surface area contributed by atoms with Crippen LogP contribution >= 0.6 is 11.6 Å². The number of rotatable bonds is 11. The van der Waals surface area contributed by atoms with E-state index in [9.17, 15) is 16.8 Å². The predicted molar refractivity (Wildman–Crippen MR) is 189 cm³/mol. The smallest absolute Gasteiger partial charge is 0.261 e. The molecule has 0 amide bonds. The van der Waals surface area contributed by atoms with Gasteiger partial charge in [-0.05, 0) is 106 Å². The molecule has 0 radical (unpaired) electrons. The molecule has 49 heavy (non-hydrogen) atoms. The summed E-state index contributed by atoms with van der Waals surface area (Å²) in [6, 6.07) is 18.0. The number of nitrogens with one attached hydrogen (secondary N) is 3. The summed E-state index contributed by atoms with van der Waals surface area (Å²) in [5.41, 5.74) is 3.35. The Bertz CT molecular complexity index is 2170. The number of H-pyrrole nitrogens is 1. The van der Waals surface area contributed by atoms with Crippen LogP contribution in [0.4, 0.5) is 5.69 Å². The van der Waals surface area contributed by atoms with Gasteiger partial charge in [0.15, 0.2) is 17.2 Å². The Morgan fingerprint density at radius 2 is 1.45 bits per heavy atom. The van der Waals surface area contributed by atoms with Gasteiger partial charge in [-0.25, -0.2) is 21.6 Å². The van der Waals surface area contributed by atoms with E-state index in [4.69, 9.17) is 26.5 Å². The Labute approximate surface area is 291 Å². The highest BCUT2D eigenvalue weighted by molar-refractivity contribution is 7.92. The molecule has 3 aromatic carbocycles. The second-order valence-electron chi connectivity index (χ2n) is 13.0. The van der Waals surface area contributed by atoms with Crippen molar-refractivity contribution in [2.45, 2.75) is 74.0 Å². The lowest BCUT2D eigenvalue weighted by atomic mass is 9.77. The van der Waals surface area contributed by atoms with Crippen LogP contribution < -0.4 is 14.2 Å². The van der Waals surface area contributed by atoms with Gasteiger partial charge < -0.3 is 9.72 Å². The van der Waals surface area contributed by atoms with E-state index in [1.165, 1.54) is 88.7 Å². The summed E-state index contributed by atoms with van der Waals surface area (Å²) >= 11 is 6.22. The van der Waals surface area contributed by atoms with Crippen molar-refractivity contribution in [1.29, 1.82) is 0 Å². The van der Waals surface area contributed by atoms with Gasteiger partial charge in [0.2, 0.25) is 10.0 Å². The number of anilines is 1. The van der Waals surface area contributed by atoms with Crippen LogP contribution in [0.5, 0.6) is 11.5 Å². The van der Waals surface area contributed by atoms with Crippen LogP contribution in [0.2, 0.25) is 5.02 Å². The third kappa shape index (κ3) is 6.81. The van der Waals surface area contributed by atoms with Crippen LogP contribution in [0.25, 0.3) is 17.0 Å². The lowest BCUT2D eigenvalue weighted by Gasteiger charge is -2.28. The van der Waals surface area contributed by atoms with Gasteiger partial charge in [0.25, 0.3) is 10.0 Å². The molecule has 2 fully saturated rings. The second-order valence-corrected chi connectivity index (χ2v) is 17.0. The summed E-state index contributed by atoms with van der Waals surface area (Å²) in [4.78, 5) is 3.26. The molecule has 0 atom stereocenters. The fraction of sp³-hybridized carbons (Fsp3) is 0.371. The molecule has 7 rings (SSSR count). The first-order valence-electron chi connectivity index (χ1n) is 16.6. The normalized spacial score (nSPS) is 16.2. The molecule has 2 aromatic heterocycles. The highest BCUT2D eigenvalue weighted by Gasteiger charge is 2.39. The average Bonchev–Trinajstić information content (AvgIpc) is 3.92. The summed E-state index contributed by atoms with van der Waals surface area (Å²) < 4.78 is 64.0. The van der Waals surface area contributed by atoms with Crippen molar-refractivity contribution in [2.24, 2.45) is 11.8 Å². The zero-order valence-electron chi connectivity index (χ0n) is 27.3. The van der Waals surface area contributed by atoms with Crippen LogP contribution in [-0.4, -0.2) is 43.7 Å². The van der Waals surface area contributed by atoms with E-state index in [-0.39, 0.29) is 20.5 Å². The maximum Gasteiger partial charge on any atom is 0.261 e. The van der Waals surface area contributed by atoms with Gasteiger partial charge in [0.05, 0.1) is 20.5 Å². The number of nitrogens with zero attached hydrogens (tertiary/aromatic N) is 3. The molecule has 0 saturated heterocycles. The first-order chi connectivity index (χ1) is 23.5. The first-order valence-corrected chi connectivity index (χ1v) is 20.0. The Balaban J connectivity index is 1.21. The van der Waals surface area contributed by atoms with Crippen molar-refractivity contribution in [3.63, 3.8) is 0 Å². The molecule has 0 unspecified atom stereocenters. The monoisotopic (exact) mass is 722 g/mol. The van der Waals surface area contributed by atoms with Gasteiger partial charge in [0.1, 0.15) is 11.4 Å². The summed E-state index contributed by atoms with van der Waals surface area (Å²) in [5.74, 6) is 3.35. The van der Waals surface area contributed by atoms with Crippen molar-refractivity contribution in [3.8, 4) is 22.9 Å². The van der Waals surface area contributed by atoms with E-state index in [0.29, 0.717) is 40.5 Å². The minimum absolute atomic E-state index is 0.0350. The topological polar surface area (TPSA) is 148 Å². The quantitative estimate of drug-likeness (QED) is 0.127. The zero-order valence-corrected chi connectivity index (χ0v) is 29.7. The molecule has 2 aliphatic carbocycles. The predicted octanol–water partition coefficient (Wildman–Crippen LogP) is 7.65. The van der Waals surface area contributed by atoms with E-state index in [0.717, 1.165) is 17.0 Å². The number of hydrogen-bond donors (Lipinski definition) is 3. The highest BCUT2D eigenvalue weighted by Crippen LogP contribution is 2.50. The molecule has 2 aliphatic rings. The molecule has 11 nitrogen and oxygen atoms in total. The number of halogens is 1. The Kier molecular flexibility index (Phi) is 9.20. The first kappa shape index (κ1) is 33.6.